The van der Waals surface area contributed by atoms with Crippen LogP contribution in [-0.4, -0.2) is 37.0 Å². The van der Waals surface area contributed by atoms with Crippen molar-refractivity contribution < 1.29 is 13.5 Å². The first-order chi connectivity index (χ1) is 8.54. The molecule has 0 aromatic heterocycles. The summed E-state index contributed by atoms with van der Waals surface area (Å²) in [6.45, 7) is 1.15. The van der Waals surface area contributed by atoms with Gasteiger partial charge in [0, 0.05) is 19.6 Å². The SMILES string of the molecule is NCc1ccc(S(=O)(=O)N2CCC(O)CC2)cc1. The zero-order valence-electron chi connectivity index (χ0n) is 10.1. The van der Waals surface area contributed by atoms with Crippen LogP contribution in [-0.2, 0) is 16.6 Å². The van der Waals surface area contributed by atoms with Crippen LogP contribution in [0, 0.1) is 0 Å². The maximum atomic E-state index is 12.3. The first-order valence-corrected chi connectivity index (χ1v) is 7.45. The molecule has 5 nitrogen and oxygen atoms in total. The predicted molar refractivity (Wildman–Crippen MR) is 68.3 cm³/mol. The van der Waals surface area contributed by atoms with Crippen molar-refractivity contribution >= 4 is 10.0 Å². The molecule has 1 aliphatic heterocycles. The third-order valence-electron chi connectivity index (χ3n) is 3.22. The minimum absolute atomic E-state index is 0.288. The number of hydrogen-bond acceptors (Lipinski definition) is 4. The number of aliphatic hydroxyl groups is 1. The van der Waals surface area contributed by atoms with E-state index in [0.717, 1.165) is 5.56 Å². The van der Waals surface area contributed by atoms with Gasteiger partial charge in [0.25, 0.3) is 0 Å². The van der Waals surface area contributed by atoms with E-state index >= 15 is 0 Å². The van der Waals surface area contributed by atoms with Gasteiger partial charge in [0.15, 0.2) is 0 Å². The summed E-state index contributed by atoms with van der Waals surface area (Å²) in [4.78, 5) is 0.288. The lowest BCUT2D eigenvalue weighted by Gasteiger charge is -2.28. The fourth-order valence-electron chi connectivity index (χ4n) is 2.03. The van der Waals surface area contributed by atoms with Gasteiger partial charge in [-0.15, -0.1) is 0 Å². The number of hydrogen-bond donors (Lipinski definition) is 2. The normalized spacial score (nSPS) is 19.0. The Morgan fingerprint density at radius 2 is 1.78 bits per heavy atom. The molecule has 2 rings (SSSR count). The molecule has 0 bridgehead atoms. The largest absolute Gasteiger partial charge is 0.393 e. The lowest BCUT2D eigenvalue weighted by molar-refractivity contribution is 0.113. The third-order valence-corrected chi connectivity index (χ3v) is 5.13. The van der Waals surface area contributed by atoms with Crippen molar-refractivity contribution in [3.8, 4) is 0 Å². The number of rotatable bonds is 3. The Balaban J connectivity index is 2.19. The Morgan fingerprint density at radius 3 is 2.28 bits per heavy atom. The molecule has 0 spiro atoms. The fourth-order valence-corrected chi connectivity index (χ4v) is 3.50. The van der Waals surface area contributed by atoms with Crippen LogP contribution in [0.25, 0.3) is 0 Å². The molecule has 100 valence electrons. The summed E-state index contributed by atoms with van der Waals surface area (Å²) in [5.41, 5.74) is 6.38. The Morgan fingerprint density at radius 1 is 1.22 bits per heavy atom. The van der Waals surface area contributed by atoms with E-state index in [0.29, 0.717) is 32.5 Å². The van der Waals surface area contributed by atoms with E-state index in [1.807, 2.05) is 0 Å². The molecule has 18 heavy (non-hydrogen) atoms. The van der Waals surface area contributed by atoms with Crippen LogP contribution in [0.4, 0.5) is 0 Å². The molecule has 1 aliphatic rings. The van der Waals surface area contributed by atoms with Crippen molar-refractivity contribution in [1.29, 1.82) is 0 Å². The van der Waals surface area contributed by atoms with Gasteiger partial charge in [-0.05, 0) is 30.5 Å². The van der Waals surface area contributed by atoms with E-state index in [-0.39, 0.29) is 11.0 Å². The highest BCUT2D eigenvalue weighted by Crippen LogP contribution is 2.20. The van der Waals surface area contributed by atoms with Crippen molar-refractivity contribution in [3.63, 3.8) is 0 Å². The first-order valence-electron chi connectivity index (χ1n) is 6.01. The van der Waals surface area contributed by atoms with Gasteiger partial charge in [0.2, 0.25) is 10.0 Å². The molecule has 0 radical (unpaired) electrons. The highest BCUT2D eigenvalue weighted by atomic mass is 32.2. The van der Waals surface area contributed by atoms with Crippen molar-refractivity contribution in [3.05, 3.63) is 29.8 Å². The number of sulfonamides is 1. The average molecular weight is 270 g/mol. The Hall–Kier alpha value is -0.950. The van der Waals surface area contributed by atoms with Crippen molar-refractivity contribution in [2.45, 2.75) is 30.4 Å². The average Bonchev–Trinajstić information content (AvgIpc) is 2.39. The van der Waals surface area contributed by atoms with E-state index < -0.39 is 10.0 Å². The second-order valence-electron chi connectivity index (χ2n) is 4.48. The van der Waals surface area contributed by atoms with E-state index in [1.54, 1.807) is 24.3 Å². The van der Waals surface area contributed by atoms with Gasteiger partial charge in [-0.2, -0.15) is 4.31 Å². The molecule has 1 aromatic carbocycles. The number of aliphatic hydroxyl groups excluding tert-OH is 1. The maximum Gasteiger partial charge on any atom is 0.243 e. The molecule has 3 N–H and O–H groups in total. The van der Waals surface area contributed by atoms with Crippen LogP contribution in [0.5, 0.6) is 0 Å². The zero-order valence-corrected chi connectivity index (χ0v) is 10.9. The van der Waals surface area contributed by atoms with Gasteiger partial charge in [0.1, 0.15) is 0 Å². The van der Waals surface area contributed by atoms with E-state index in [4.69, 9.17) is 5.73 Å². The molecule has 0 unspecified atom stereocenters. The molecule has 6 heteroatoms. The summed E-state index contributed by atoms with van der Waals surface area (Å²) >= 11 is 0. The summed E-state index contributed by atoms with van der Waals surface area (Å²) in [6, 6.07) is 6.63. The van der Waals surface area contributed by atoms with Crippen LogP contribution < -0.4 is 5.73 Å². The van der Waals surface area contributed by atoms with Crippen molar-refractivity contribution in [1.82, 2.24) is 4.31 Å². The Bertz CT molecular complexity index is 491. The summed E-state index contributed by atoms with van der Waals surface area (Å²) in [5, 5.41) is 9.40. The molecule has 0 atom stereocenters. The molecular weight excluding hydrogens is 252 g/mol. The quantitative estimate of drug-likeness (QED) is 0.827. The molecule has 1 aromatic rings. The maximum absolute atomic E-state index is 12.3. The Labute approximate surface area is 107 Å². The third kappa shape index (κ3) is 2.72. The summed E-state index contributed by atoms with van der Waals surface area (Å²) in [6.07, 6.45) is 0.622. The molecule has 1 heterocycles. The van der Waals surface area contributed by atoms with Crippen LogP contribution in [0.2, 0.25) is 0 Å². The van der Waals surface area contributed by atoms with Gasteiger partial charge < -0.3 is 10.8 Å². The van der Waals surface area contributed by atoms with Crippen LogP contribution in [0.1, 0.15) is 18.4 Å². The summed E-state index contributed by atoms with van der Waals surface area (Å²) in [7, 11) is -3.43. The molecule has 1 saturated heterocycles. The second kappa shape index (κ2) is 5.36. The molecular formula is C12H18N2O3S. The lowest BCUT2D eigenvalue weighted by Crippen LogP contribution is -2.39. The van der Waals surface area contributed by atoms with E-state index in [2.05, 4.69) is 0 Å². The number of piperidine rings is 1. The van der Waals surface area contributed by atoms with Gasteiger partial charge in [0.05, 0.1) is 11.0 Å². The second-order valence-corrected chi connectivity index (χ2v) is 6.42. The van der Waals surface area contributed by atoms with E-state index in [9.17, 15) is 13.5 Å². The Kier molecular flexibility index (Phi) is 4.01. The van der Waals surface area contributed by atoms with Gasteiger partial charge in [-0.25, -0.2) is 8.42 Å². The highest BCUT2D eigenvalue weighted by Gasteiger charge is 2.28. The van der Waals surface area contributed by atoms with E-state index in [1.165, 1.54) is 4.31 Å². The monoisotopic (exact) mass is 270 g/mol. The van der Waals surface area contributed by atoms with Crippen LogP contribution >= 0.6 is 0 Å². The summed E-state index contributed by atoms with van der Waals surface area (Å²) < 4.78 is 26.0. The molecule has 0 saturated carbocycles. The van der Waals surface area contributed by atoms with Crippen molar-refractivity contribution in [2.24, 2.45) is 5.73 Å². The number of nitrogens with zero attached hydrogens (tertiary/aromatic N) is 1. The number of nitrogens with two attached hydrogens (primary N) is 1. The van der Waals surface area contributed by atoms with Crippen LogP contribution in [0.3, 0.4) is 0 Å². The van der Waals surface area contributed by atoms with Gasteiger partial charge >= 0.3 is 0 Å². The predicted octanol–water partition coefficient (Wildman–Crippen LogP) is 0.291. The standard InChI is InChI=1S/C12H18N2O3S/c13-9-10-1-3-12(4-2-10)18(16,17)14-7-5-11(15)6-8-14/h1-4,11,15H,5-9,13H2. The molecule has 0 amide bonds. The van der Waals surface area contributed by atoms with Gasteiger partial charge in [-0.3, -0.25) is 0 Å². The fraction of sp³-hybridized carbons (Fsp3) is 0.500. The zero-order chi connectivity index (χ0) is 13.2. The molecule has 0 aliphatic carbocycles. The molecule has 1 fully saturated rings. The highest BCUT2D eigenvalue weighted by molar-refractivity contribution is 7.89. The number of benzene rings is 1. The minimum Gasteiger partial charge on any atom is -0.393 e. The first kappa shape index (κ1) is 13.5. The smallest absolute Gasteiger partial charge is 0.243 e. The summed E-state index contributed by atoms with van der Waals surface area (Å²) in [5.74, 6) is 0. The minimum atomic E-state index is -3.43. The van der Waals surface area contributed by atoms with Crippen molar-refractivity contribution in [2.75, 3.05) is 13.1 Å². The topological polar surface area (TPSA) is 83.6 Å². The lowest BCUT2D eigenvalue weighted by atomic mass is 10.1. The van der Waals surface area contributed by atoms with Crippen LogP contribution in [0.15, 0.2) is 29.2 Å². The van der Waals surface area contributed by atoms with Gasteiger partial charge in [-0.1, -0.05) is 12.1 Å².